The van der Waals surface area contributed by atoms with Gasteiger partial charge in [0.05, 0.1) is 6.04 Å². The van der Waals surface area contributed by atoms with Crippen LogP contribution in [0, 0.1) is 20.8 Å². The van der Waals surface area contributed by atoms with Gasteiger partial charge in [-0.1, -0.05) is 17.7 Å². The molecule has 1 atom stereocenters. The van der Waals surface area contributed by atoms with Crippen LogP contribution in [0.2, 0.25) is 0 Å². The summed E-state index contributed by atoms with van der Waals surface area (Å²) >= 11 is 0. The van der Waals surface area contributed by atoms with Crippen LogP contribution in [0.5, 0.6) is 0 Å². The number of anilines is 1. The monoisotopic (exact) mass is 368 g/mol. The number of aromatic nitrogens is 2. The van der Waals surface area contributed by atoms with Crippen LogP contribution in [0.15, 0.2) is 29.1 Å². The molecule has 2 amide bonds. The molecule has 0 radical (unpaired) electrons. The van der Waals surface area contributed by atoms with Crippen LogP contribution in [0.25, 0.3) is 0 Å². The highest BCUT2D eigenvalue weighted by Gasteiger charge is 2.31. The summed E-state index contributed by atoms with van der Waals surface area (Å²) in [7, 11) is 0. The van der Waals surface area contributed by atoms with Crippen molar-refractivity contribution in [2.75, 3.05) is 11.4 Å². The van der Waals surface area contributed by atoms with Gasteiger partial charge in [-0.15, -0.1) is 0 Å². The first kappa shape index (κ1) is 18.8. The minimum atomic E-state index is -0.376. The second kappa shape index (κ2) is 7.73. The van der Waals surface area contributed by atoms with Gasteiger partial charge >= 0.3 is 5.69 Å². The number of carbonyl (C=O) groups excluding carboxylic acids is 2. The number of aryl methyl sites for hydroxylation is 3. The van der Waals surface area contributed by atoms with Crippen molar-refractivity contribution in [2.45, 2.75) is 46.1 Å². The summed E-state index contributed by atoms with van der Waals surface area (Å²) in [6, 6.07) is 7.59. The Balaban J connectivity index is 1.57. The van der Waals surface area contributed by atoms with Crippen molar-refractivity contribution in [2.24, 2.45) is 0 Å². The molecule has 1 aromatic carbocycles. The second-order valence-electron chi connectivity index (χ2n) is 7.04. The zero-order chi connectivity index (χ0) is 19.6. The molecule has 7 heteroatoms. The summed E-state index contributed by atoms with van der Waals surface area (Å²) in [4.78, 5) is 44.2. The second-order valence-corrected chi connectivity index (χ2v) is 7.04. The maximum absolute atomic E-state index is 12.3. The molecule has 2 N–H and O–H groups in total. The lowest BCUT2D eigenvalue weighted by molar-refractivity contribution is -0.121. The molecule has 2 heterocycles. The summed E-state index contributed by atoms with van der Waals surface area (Å²) in [6.07, 6.45) is 1.08. The van der Waals surface area contributed by atoms with Crippen LogP contribution >= 0.6 is 0 Å². The van der Waals surface area contributed by atoms with Crippen LogP contribution < -0.4 is 15.9 Å². The number of aromatic amines is 1. The van der Waals surface area contributed by atoms with Gasteiger partial charge in [-0.2, -0.15) is 4.98 Å². The summed E-state index contributed by atoms with van der Waals surface area (Å²) in [5, 5.41) is 2.95. The van der Waals surface area contributed by atoms with Gasteiger partial charge in [0.15, 0.2) is 0 Å². The lowest BCUT2D eigenvalue weighted by Crippen LogP contribution is -2.37. The zero-order valence-corrected chi connectivity index (χ0v) is 15.8. The van der Waals surface area contributed by atoms with E-state index in [0.29, 0.717) is 25.1 Å². The zero-order valence-electron chi connectivity index (χ0n) is 15.8. The smallest absolute Gasteiger partial charge is 0.345 e. The third-order valence-electron chi connectivity index (χ3n) is 4.89. The van der Waals surface area contributed by atoms with Gasteiger partial charge in [0.2, 0.25) is 11.8 Å². The number of hydrogen-bond donors (Lipinski definition) is 2. The Labute approximate surface area is 157 Å². The molecule has 1 fully saturated rings. The third kappa shape index (κ3) is 4.42. The van der Waals surface area contributed by atoms with E-state index in [2.05, 4.69) is 15.3 Å². The number of rotatable bonds is 5. The Morgan fingerprint density at radius 3 is 2.59 bits per heavy atom. The molecule has 0 aliphatic carbocycles. The minimum absolute atomic E-state index is 0.0145. The fourth-order valence-corrected chi connectivity index (χ4v) is 3.44. The van der Waals surface area contributed by atoms with E-state index in [1.807, 2.05) is 31.2 Å². The molecule has 0 spiro atoms. The highest BCUT2D eigenvalue weighted by atomic mass is 16.2. The fraction of sp³-hybridized carbons (Fsp3) is 0.400. The Hall–Kier alpha value is -2.96. The van der Waals surface area contributed by atoms with E-state index < -0.39 is 0 Å². The van der Waals surface area contributed by atoms with E-state index in [1.54, 1.807) is 18.7 Å². The standard InChI is InChI=1S/C20H24N4O3/c1-12-4-6-16(7-5-12)24-11-15(10-19(24)26)23-18(25)9-8-17-13(2)21-20(27)22-14(17)3/h4-7,15H,8-11H2,1-3H3,(H,23,25)(H,21,22,27)/t15-/m1/s1. The summed E-state index contributed by atoms with van der Waals surface area (Å²) in [5.74, 6) is -0.0933. The molecule has 142 valence electrons. The van der Waals surface area contributed by atoms with Gasteiger partial charge in [0, 0.05) is 36.5 Å². The van der Waals surface area contributed by atoms with Crippen LogP contribution in [0.1, 0.15) is 35.4 Å². The molecule has 7 nitrogen and oxygen atoms in total. The minimum Gasteiger partial charge on any atom is -0.351 e. The van der Waals surface area contributed by atoms with Gasteiger partial charge in [-0.25, -0.2) is 4.79 Å². The molecule has 0 unspecified atom stereocenters. The number of hydrogen-bond acceptors (Lipinski definition) is 4. The van der Waals surface area contributed by atoms with E-state index in [0.717, 1.165) is 22.5 Å². The summed E-state index contributed by atoms with van der Waals surface area (Å²) in [5.41, 5.74) is 3.88. The maximum Gasteiger partial charge on any atom is 0.345 e. The van der Waals surface area contributed by atoms with Gasteiger partial charge in [0.25, 0.3) is 0 Å². The molecule has 0 bridgehead atoms. The molecular weight excluding hydrogens is 344 g/mol. The molecule has 1 aliphatic heterocycles. The Morgan fingerprint density at radius 2 is 1.93 bits per heavy atom. The molecule has 1 aromatic heterocycles. The molecule has 1 saturated heterocycles. The van der Waals surface area contributed by atoms with Gasteiger partial charge in [0.1, 0.15) is 0 Å². The van der Waals surface area contributed by atoms with E-state index >= 15 is 0 Å². The molecule has 3 rings (SSSR count). The Kier molecular flexibility index (Phi) is 5.39. The normalized spacial score (nSPS) is 16.6. The van der Waals surface area contributed by atoms with Crippen molar-refractivity contribution in [3.8, 4) is 0 Å². The molecule has 27 heavy (non-hydrogen) atoms. The van der Waals surface area contributed by atoms with E-state index in [1.165, 1.54) is 0 Å². The van der Waals surface area contributed by atoms with E-state index in [-0.39, 0.29) is 30.0 Å². The largest absolute Gasteiger partial charge is 0.351 e. The van der Waals surface area contributed by atoms with Crippen LogP contribution in [-0.4, -0.2) is 34.4 Å². The maximum atomic E-state index is 12.3. The first-order valence-corrected chi connectivity index (χ1v) is 9.06. The number of nitrogens with zero attached hydrogens (tertiary/aromatic N) is 2. The lowest BCUT2D eigenvalue weighted by Gasteiger charge is -2.17. The third-order valence-corrected chi connectivity index (χ3v) is 4.89. The number of nitrogens with one attached hydrogen (secondary N) is 2. The van der Waals surface area contributed by atoms with Gasteiger partial charge in [-0.3, -0.25) is 9.59 Å². The molecule has 1 aliphatic rings. The van der Waals surface area contributed by atoms with Gasteiger partial charge < -0.3 is 15.2 Å². The highest BCUT2D eigenvalue weighted by molar-refractivity contribution is 5.96. The van der Waals surface area contributed by atoms with Crippen molar-refractivity contribution in [3.05, 3.63) is 57.3 Å². The average Bonchev–Trinajstić information content (AvgIpc) is 2.94. The SMILES string of the molecule is Cc1ccc(N2C[C@H](NC(=O)CCc3c(C)nc(=O)[nH]c3C)CC2=O)cc1. The Morgan fingerprint density at radius 1 is 1.22 bits per heavy atom. The van der Waals surface area contributed by atoms with Crippen LogP contribution in [-0.2, 0) is 16.0 Å². The summed E-state index contributed by atoms with van der Waals surface area (Å²) in [6.45, 7) is 6.05. The molecular formula is C20H24N4O3. The highest BCUT2D eigenvalue weighted by Crippen LogP contribution is 2.22. The fourth-order valence-electron chi connectivity index (χ4n) is 3.44. The van der Waals surface area contributed by atoms with Crippen molar-refractivity contribution < 1.29 is 9.59 Å². The first-order valence-electron chi connectivity index (χ1n) is 9.06. The Bertz CT molecular complexity index is 892. The number of carbonyl (C=O) groups is 2. The lowest BCUT2D eigenvalue weighted by atomic mass is 10.1. The number of amides is 2. The van der Waals surface area contributed by atoms with Crippen LogP contribution in [0.4, 0.5) is 5.69 Å². The van der Waals surface area contributed by atoms with Crippen molar-refractivity contribution in [3.63, 3.8) is 0 Å². The van der Waals surface area contributed by atoms with E-state index in [4.69, 9.17) is 0 Å². The predicted molar refractivity (Wildman–Crippen MR) is 103 cm³/mol. The quantitative estimate of drug-likeness (QED) is 0.837. The van der Waals surface area contributed by atoms with Crippen molar-refractivity contribution >= 4 is 17.5 Å². The number of benzene rings is 1. The molecule has 2 aromatic rings. The van der Waals surface area contributed by atoms with E-state index in [9.17, 15) is 14.4 Å². The average molecular weight is 368 g/mol. The van der Waals surface area contributed by atoms with Crippen molar-refractivity contribution in [1.29, 1.82) is 0 Å². The molecule has 0 saturated carbocycles. The number of H-pyrrole nitrogens is 1. The van der Waals surface area contributed by atoms with Crippen LogP contribution in [0.3, 0.4) is 0 Å². The topological polar surface area (TPSA) is 95.2 Å². The predicted octanol–water partition coefficient (Wildman–Crippen LogP) is 1.55. The first-order chi connectivity index (χ1) is 12.8. The van der Waals surface area contributed by atoms with Crippen molar-refractivity contribution in [1.82, 2.24) is 15.3 Å². The van der Waals surface area contributed by atoms with Gasteiger partial charge in [-0.05, 0) is 44.9 Å². The summed E-state index contributed by atoms with van der Waals surface area (Å²) < 4.78 is 0.